The monoisotopic (exact) mass is 492 g/mol. The highest BCUT2D eigenvalue weighted by Gasteiger charge is 2.59. The lowest BCUT2D eigenvalue weighted by Gasteiger charge is -2.27. The van der Waals surface area contributed by atoms with Gasteiger partial charge in [-0.3, -0.25) is 0 Å². The Hall–Kier alpha value is -2.10. The van der Waals surface area contributed by atoms with Gasteiger partial charge in [-0.2, -0.15) is 26.3 Å². The summed E-state index contributed by atoms with van der Waals surface area (Å²) in [7, 11) is 0. The molecule has 0 fully saturated rings. The van der Waals surface area contributed by atoms with Gasteiger partial charge in [0.1, 0.15) is 0 Å². The molecule has 0 heterocycles. The quantitative estimate of drug-likeness (QED) is 0.366. The van der Waals surface area contributed by atoms with Crippen LogP contribution in [0.15, 0.2) is 36.4 Å². The van der Waals surface area contributed by atoms with Crippen molar-refractivity contribution >= 4 is 0 Å². The summed E-state index contributed by atoms with van der Waals surface area (Å²) in [6.07, 6.45) is -12.1. The van der Waals surface area contributed by atoms with Gasteiger partial charge in [0.05, 0.1) is 19.3 Å². The summed E-state index contributed by atoms with van der Waals surface area (Å²) in [4.78, 5) is 0. The topological polar surface area (TPSA) is 60.7 Å². The fraction of sp³-hybridized carbons (Fsp3) is 0.520. The molecular weight excluding hydrogens is 462 g/mol. The average Bonchev–Trinajstić information content (AvgIpc) is 2.75. The minimum Gasteiger partial charge on any atom is -0.392 e. The van der Waals surface area contributed by atoms with Crippen molar-refractivity contribution in [2.75, 3.05) is 0 Å². The van der Waals surface area contributed by atoms with Gasteiger partial charge in [-0.1, -0.05) is 43.3 Å². The molecule has 0 saturated carbocycles. The summed E-state index contributed by atoms with van der Waals surface area (Å²) in [5, 5.41) is 28.6. The van der Waals surface area contributed by atoms with Crippen molar-refractivity contribution in [1.29, 1.82) is 0 Å². The highest BCUT2D eigenvalue weighted by molar-refractivity contribution is 5.36. The predicted molar refractivity (Wildman–Crippen MR) is 116 cm³/mol. The molecule has 0 aliphatic heterocycles. The smallest absolute Gasteiger partial charge is 0.392 e. The van der Waals surface area contributed by atoms with E-state index in [2.05, 4.69) is 0 Å². The summed E-state index contributed by atoms with van der Waals surface area (Å²) in [5.74, 6) is -3.78. The van der Waals surface area contributed by atoms with Crippen LogP contribution in [0.5, 0.6) is 0 Å². The molecule has 0 spiro atoms. The molecule has 2 aromatic carbocycles. The fourth-order valence-electron chi connectivity index (χ4n) is 4.27. The molecule has 0 saturated heterocycles. The number of aliphatic hydroxyl groups is 3. The lowest BCUT2D eigenvalue weighted by atomic mass is 9.89. The number of alkyl halides is 6. The summed E-state index contributed by atoms with van der Waals surface area (Å²) >= 11 is 0. The lowest BCUT2D eigenvalue weighted by Crippen LogP contribution is -2.45. The van der Waals surface area contributed by atoms with E-state index < -0.39 is 30.8 Å². The highest BCUT2D eigenvalue weighted by Crippen LogP contribution is 2.42. The Balaban J connectivity index is 2.13. The predicted octanol–water partition coefficient (Wildman–Crippen LogP) is 5.44. The van der Waals surface area contributed by atoms with E-state index in [1.165, 1.54) is 0 Å². The molecule has 1 atom stereocenters. The molecule has 3 nitrogen and oxygen atoms in total. The number of hydrogen-bond donors (Lipinski definition) is 3. The number of rotatable bonds is 11. The van der Waals surface area contributed by atoms with E-state index in [1.54, 1.807) is 24.3 Å². The maximum Gasteiger partial charge on any atom is 0.403 e. The van der Waals surface area contributed by atoms with Crippen molar-refractivity contribution in [2.24, 2.45) is 5.92 Å². The van der Waals surface area contributed by atoms with Crippen LogP contribution in [0.1, 0.15) is 53.1 Å². The zero-order chi connectivity index (χ0) is 25.5. The Bertz CT molecular complexity index is 910. The van der Waals surface area contributed by atoms with Crippen molar-refractivity contribution in [2.45, 2.75) is 77.1 Å². The second kappa shape index (κ2) is 12.0. The molecule has 0 bridgehead atoms. The molecule has 190 valence electrons. The van der Waals surface area contributed by atoms with Crippen LogP contribution in [0.4, 0.5) is 26.3 Å². The van der Waals surface area contributed by atoms with Crippen LogP contribution in [-0.2, 0) is 38.9 Å². The third-order valence-electron chi connectivity index (χ3n) is 6.05. The van der Waals surface area contributed by atoms with Crippen LogP contribution in [0.25, 0.3) is 0 Å². The van der Waals surface area contributed by atoms with E-state index in [1.807, 2.05) is 19.1 Å². The Morgan fingerprint density at radius 3 is 1.94 bits per heavy atom. The minimum absolute atomic E-state index is 0.0942. The van der Waals surface area contributed by atoms with Crippen LogP contribution >= 0.6 is 0 Å². The van der Waals surface area contributed by atoms with E-state index in [9.17, 15) is 41.7 Å². The van der Waals surface area contributed by atoms with Crippen LogP contribution in [0.3, 0.4) is 0 Å². The van der Waals surface area contributed by atoms with Gasteiger partial charge in [0.15, 0.2) is 5.92 Å². The first kappa shape index (κ1) is 28.1. The van der Waals surface area contributed by atoms with Crippen molar-refractivity contribution < 1.29 is 41.7 Å². The van der Waals surface area contributed by atoms with Gasteiger partial charge in [0.25, 0.3) is 0 Å². The van der Waals surface area contributed by atoms with Gasteiger partial charge in [0, 0.05) is 0 Å². The highest BCUT2D eigenvalue weighted by atomic mass is 19.4. The Morgan fingerprint density at radius 2 is 1.38 bits per heavy atom. The molecule has 2 rings (SSSR count). The molecule has 0 aromatic heterocycles. The number of aryl methyl sites for hydroxylation is 3. The molecule has 34 heavy (non-hydrogen) atoms. The summed E-state index contributed by atoms with van der Waals surface area (Å²) < 4.78 is 77.6. The number of halogens is 6. The normalized spacial score (nSPS) is 13.5. The molecule has 9 heteroatoms. The summed E-state index contributed by atoms with van der Waals surface area (Å²) in [5.41, 5.74) is 4.55. The average molecular weight is 493 g/mol. The summed E-state index contributed by atoms with van der Waals surface area (Å²) in [6, 6.07) is 10.8. The SMILES string of the molecule is CCc1cccc(CCCc2ccc(CO)c(CO)c2)c1CCC(O)C(C(F)(F)F)C(F)(F)F. The first-order chi connectivity index (χ1) is 15.9. The third-order valence-corrected chi connectivity index (χ3v) is 6.05. The maximum atomic E-state index is 12.9. The van der Waals surface area contributed by atoms with E-state index >= 15 is 0 Å². The molecule has 0 aliphatic rings. The van der Waals surface area contributed by atoms with E-state index in [4.69, 9.17) is 0 Å². The van der Waals surface area contributed by atoms with E-state index in [-0.39, 0.29) is 19.6 Å². The molecule has 1 unspecified atom stereocenters. The van der Waals surface area contributed by atoms with Crippen molar-refractivity contribution in [3.05, 3.63) is 69.8 Å². The zero-order valence-corrected chi connectivity index (χ0v) is 18.9. The van der Waals surface area contributed by atoms with Crippen LogP contribution in [0, 0.1) is 5.92 Å². The van der Waals surface area contributed by atoms with Crippen LogP contribution < -0.4 is 0 Å². The molecular formula is C25H30F6O3. The molecule has 2 aromatic rings. The molecule has 0 aliphatic carbocycles. The van der Waals surface area contributed by atoms with E-state index in [0.717, 1.165) is 16.7 Å². The molecule has 0 amide bonds. The minimum atomic E-state index is -5.58. The van der Waals surface area contributed by atoms with Crippen LogP contribution in [0.2, 0.25) is 0 Å². The van der Waals surface area contributed by atoms with Gasteiger partial charge in [0.2, 0.25) is 0 Å². The zero-order valence-electron chi connectivity index (χ0n) is 18.9. The third kappa shape index (κ3) is 7.45. The van der Waals surface area contributed by atoms with Gasteiger partial charge in [-0.05, 0) is 71.9 Å². The van der Waals surface area contributed by atoms with Crippen molar-refractivity contribution in [3.63, 3.8) is 0 Å². The number of hydrogen-bond acceptors (Lipinski definition) is 3. The maximum absolute atomic E-state index is 12.9. The Morgan fingerprint density at radius 1 is 0.765 bits per heavy atom. The van der Waals surface area contributed by atoms with Gasteiger partial charge < -0.3 is 15.3 Å². The first-order valence-electron chi connectivity index (χ1n) is 11.2. The summed E-state index contributed by atoms with van der Waals surface area (Å²) in [6.45, 7) is 1.47. The Labute approximate surface area is 195 Å². The van der Waals surface area contributed by atoms with Gasteiger partial charge >= 0.3 is 12.4 Å². The fourth-order valence-corrected chi connectivity index (χ4v) is 4.27. The second-order valence-electron chi connectivity index (χ2n) is 8.35. The Kier molecular flexibility index (Phi) is 9.96. The standard InChI is InChI=1S/C25H30F6O3/c1-2-17-6-4-8-18(7-3-5-16-9-10-19(14-32)20(13-16)15-33)21(17)11-12-22(34)23(24(26,27)28)25(29,30)31/h4,6,8-10,13,22-23,32-34H,2-3,5,7,11-12,14-15H2,1H3. The number of benzene rings is 2. The van der Waals surface area contributed by atoms with Crippen molar-refractivity contribution in [1.82, 2.24) is 0 Å². The van der Waals surface area contributed by atoms with Gasteiger partial charge in [-0.25, -0.2) is 0 Å². The van der Waals surface area contributed by atoms with Crippen molar-refractivity contribution in [3.8, 4) is 0 Å². The first-order valence-corrected chi connectivity index (χ1v) is 11.2. The van der Waals surface area contributed by atoms with Gasteiger partial charge in [-0.15, -0.1) is 0 Å². The molecule has 3 N–H and O–H groups in total. The lowest BCUT2D eigenvalue weighted by molar-refractivity contribution is -0.306. The van der Waals surface area contributed by atoms with Crippen LogP contribution in [-0.4, -0.2) is 33.8 Å². The van der Waals surface area contributed by atoms with E-state index in [0.29, 0.717) is 42.4 Å². The molecule has 0 radical (unpaired) electrons. The largest absolute Gasteiger partial charge is 0.403 e. The second-order valence-corrected chi connectivity index (χ2v) is 8.35. The number of aliphatic hydroxyl groups excluding tert-OH is 3.